The first-order chi connectivity index (χ1) is 13.9. The molecule has 1 amide bonds. The van der Waals surface area contributed by atoms with Gasteiger partial charge in [-0.05, 0) is 54.4 Å². The third-order valence-corrected chi connectivity index (χ3v) is 6.05. The number of hydrogen-bond acceptors (Lipinski definition) is 4. The quantitative estimate of drug-likeness (QED) is 0.642. The van der Waals surface area contributed by atoms with E-state index in [1.807, 2.05) is 19.1 Å². The molecule has 0 bridgehead atoms. The summed E-state index contributed by atoms with van der Waals surface area (Å²) in [6.45, 7) is 1.49. The van der Waals surface area contributed by atoms with Gasteiger partial charge in [0.15, 0.2) is 0 Å². The molecule has 1 N–H and O–H groups in total. The standard InChI is InChI=1S/C21H20FN3O3S/c1-2-16-6-3-4-8-20(16)24-21(26)15-25(18-11-9-17(22)10-12-18)29(27,28)19-7-5-13-23-14-19/h3-14H,2,15H2,1H3,(H,24,26). The summed E-state index contributed by atoms with van der Waals surface area (Å²) in [6, 6.07) is 15.1. The number of carbonyl (C=O) groups is 1. The minimum absolute atomic E-state index is 0.0638. The van der Waals surface area contributed by atoms with Gasteiger partial charge in [0.2, 0.25) is 5.91 Å². The third kappa shape index (κ3) is 4.78. The second-order valence-corrected chi connectivity index (χ2v) is 8.10. The summed E-state index contributed by atoms with van der Waals surface area (Å²) in [7, 11) is -4.08. The molecule has 29 heavy (non-hydrogen) atoms. The number of aromatic nitrogens is 1. The van der Waals surface area contributed by atoms with Crippen LogP contribution < -0.4 is 9.62 Å². The highest BCUT2D eigenvalue weighted by atomic mass is 32.2. The zero-order chi connectivity index (χ0) is 20.9. The van der Waals surface area contributed by atoms with E-state index in [1.54, 1.807) is 12.1 Å². The first kappa shape index (κ1) is 20.5. The van der Waals surface area contributed by atoms with Crippen LogP contribution in [0.15, 0.2) is 78.0 Å². The lowest BCUT2D eigenvalue weighted by molar-refractivity contribution is -0.114. The lowest BCUT2D eigenvalue weighted by Gasteiger charge is -2.24. The highest BCUT2D eigenvalue weighted by Crippen LogP contribution is 2.24. The maximum absolute atomic E-state index is 13.3. The Labute approximate surface area is 169 Å². The molecule has 150 valence electrons. The molecule has 0 aliphatic heterocycles. The van der Waals surface area contributed by atoms with Gasteiger partial charge in [0.05, 0.1) is 5.69 Å². The van der Waals surface area contributed by atoms with Crippen molar-refractivity contribution in [2.75, 3.05) is 16.2 Å². The molecule has 0 saturated heterocycles. The fraction of sp³-hybridized carbons (Fsp3) is 0.143. The summed E-state index contributed by atoms with van der Waals surface area (Å²) in [5.41, 5.74) is 1.73. The first-order valence-corrected chi connectivity index (χ1v) is 10.4. The summed E-state index contributed by atoms with van der Waals surface area (Å²) < 4.78 is 40.6. The normalized spacial score (nSPS) is 11.1. The van der Waals surface area contributed by atoms with E-state index in [-0.39, 0.29) is 10.6 Å². The molecule has 0 atom stereocenters. The molecule has 0 aliphatic rings. The number of pyridine rings is 1. The molecule has 3 rings (SSSR count). The molecule has 2 aromatic carbocycles. The fourth-order valence-electron chi connectivity index (χ4n) is 2.82. The van der Waals surface area contributed by atoms with Crippen LogP contribution in [-0.2, 0) is 21.2 Å². The van der Waals surface area contributed by atoms with Crippen molar-refractivity contribution in [2.45, 2.75) is 18.2 Å². The van der Waals surface area contributed by atoms with Gasteiger partial charge >= 0.3 is 0 Å². The smallest absolute Gasteiger partial charge is 0.266 e. The number of nitrogens with one attached hydrogen (secondary N) is 1. The van der Waals surface area contributed by atoms with Crippen LogP contribution >= 0.6 is 0 Å². The van der Waals surface area contributed by atoms with Gasteiger partial charge in [-0.1, -0.05) is 25.1 Å². The monoisotopic (exact) mass is 413 g/mol. The van der Waals surface area contributed by atoms with Crippen LogP contribution in [-0.4, -0.2) is 25.9 Å². The van der Waals surface area contributed by atoms with E-state index in [0.29, 0.717) is 12.1 Å². The number of hydrogen-bond donors (Lipinski definition) is 1. The van der Waals surface area contributed by atoms with Crippen LogP contribution in [0.5, 0.6) is 0 Å². The van der Waals surface area contributed by atoms with E-state index < -0.39 is 28.3 Å². The van der Waals surface area contributed by atoms with Crippen molar-refractivity contribution in [3.63, 3.8) is 0 Å². The number of benzene rings is 2. The van der Waals surface area contributed by atoms with Crippen molar-refractivity contribution < 1.29 is 17.6 Å². The maximum atomic E-state index is 13.3. The molecule has 0 spiro atoms. The van der Waals surface area contributed by atoms with Crippen molar-refractivity contribution in [3.8, 4) is 0 Å². The van der Waals surface area contributed by atoms with Crippen molar-refractivity contribution in [3.05, 3.63) is 84.4 Å². The zero-order valence-electron chi connectivity index (χ0n) is 15.7. The Kier molecular flexibility index (Phi) is 6.23. The van der Waals surface area contributed by atoms with Gasteiger partial charge in [-0.2, -0.15) is 0 Å². The highest BCUT2D eigenvalue weighted by Gasteiger charge is 2.27. The Morgan fingerprint density at radius 2 is 1.79 bits per heavy atom. The lowest BCUT2D eigenvalue weighted by Crippen LogP contribution is -2.38. The van der Waals surface area contributed by atoms with E-state index in [0.717, 1.165) is 22.0 Å². The molecule has 6 nitrogen and oxygen atoms in total. The van der Waals surface area contributed by atoms with Gasteiger partial charge in [0, 0.05) is 18.1 Å². The fourth-order valence-corrected chi connectivity index (χ4v) is 4.21. The third-order valence-electron chi connectivity index (χ3n) is 4.30. The van der Waals surface area contributed by atoms with E-state index >= 15 is 0 Å². The second kappa shape index (κ2) is 8.83. The van der Waals surface area contributed by atoms with Gasteiger partial charge in [-0.15, -0.1) is 0 Å². The van der Waals surface area contributed by atoms with Gasteiger partial charge in [0.25, 0.3) is 10.0 Å². The molecule has 1 heterocycles. The van der Waals surface area contributed by atoms with Crippen LogP contribution in [0.4, 0.5) is 15.8 Å². The SMILES string of the molecule is CCc1ccccc1NC(=O)CN(c1ccc(F)cc1)S(=O)(=O)c1cccnc1. The number of halogens is 1. The van der Waals surface area contributed by atoms with Crippen LogP contribution in [0.3, 0.4) is 0 Å². The highest BCUT2D eigenvalue weighted by molar-refractivity contribution is 7.92. The minimum atomic E-state index is -4.08. The number of para-hydroxylation sites is 1. The number of nitrogens with zero attached hydrogens (tertiary/aromatic N) is 2. The predicted octanol–water partition coefficient (Wildman–Crippen LogP) is 3.62. The molecular formula is C21H20FN3O3S. The second-order valence-electron chi connectivity index (χ2n) is 6.24. The number of amides is 1. The molecular weight excluding hydrogens is 393 g/mol. The summed E-state index contributed by atoms with van der Waals surface area (Å²) in [4.78, 5) is 16.5. The van der Waals surface area contributed by atoms with Crippen LogP contribution in [0.1, 0.15) is 12.5 Å². The molecule has 3 aromatic rings. The summed E-state index contributed by atoms with van der Waals surface area (Å²) in [5.74, 6) is -1.02. The molecule has 1 aromatic heterocycles. The predicted molar refractivity (Wildman–Crippen MR) is 110 cm³/mol. The van der Waals surface area contributed by atoms with E-state index in [9.17, 15) is 17.6 Å². The summed E-state index contributed by atoms with van der Waals surface area (Å²) in [5, 5.41) is 2.76. The number of carbonyl (C=O) groups excluding carboxylic acids is 1. The van der Waals surface area contributed by atoms with E-state index in [4.69, 9.17) is 0 Å². The molecule has 0 radical (unpaired) electrons. The Hall–Kier alpha value is -3.26. The Morgan fingerprint density at radius 3 is 2.45 bits per heavy atom. The van der Waals surface area contributed by atoms with Crippen LogP contribution in [0.2, 0.25) is 0 Å². The van der Waals surface area contributed by atoms with Crippen molar-refractivity contribution in [1.29, 1.82) is 0 Å². The number of anilines is 2. The van der Waals surface area contributed by atoms with Crippen molar-refractivity contribution in [2.24, 2.45) is 0 Å². The van der Waals surface area contributed by atoms with Gasteiger partial charge in [0.1, 0.15) is 17.3 Å². The van der Waals surface area contributed by atoms with Crippen LogP contribution in [0, 0.1) is 5.82 Å². The van der Waals surface area contributed by atoms with Gasteiger partial charge in [-0.3, -0.25) is 14.1 Å². The topological polar surface area (TPSA) is 79.4 Å². The summed E-state index contributed by atoms with van der Waals surface area (Å²) in [6.07, 6.45) is 3.37. The molecule has 0 aliphatic carbocycles. The maximum Gasteiger partial charge on any atom is 0.266 e. The van der Waals surface area contributed by atoms with Gasteiger partial charge in [-0.25, -0.2) is 12.8 Å². The van der Waals surface area contributed by atoms with Gasteiger partial charge < -0.3 is 5.32 Å². The van der Waals surface area contributed by atoms with Crippen molar-refractivity contribution in [1.82, 2.24) is 4.98 Å². The lowest BCUT2D eigenvalue weighted by atomic mass is 10.1. The molecule has 0 saturated carbocycles. The Balaban J connectivity index is 1.93. The number of rotatable bonds is 7. The Bertz CT molecular complexity index is 1090. The molecule has 8 heteroatoms. The van der Waals surface area contributed by atoms with E-state index in [2.05, 4.69) is 10.3 Å². The average molecular weight is 413 g/mol. The van der Waals surface area contributed by atoms with Crippen LogP contribution in [0.25, 0.3) is 0 Å². The number of sulfonamides is 1. The van der Waals surface area contributed by atoms with E-state index in [1.165, 1.54) is 36.7 Å². The van der Waals surface area contributed by atoms with Crippen molar-refractivity contribution >= 4 is 27.3 Å². The first-order valence-electron chi connectivity index (χ1n) is 8.98. The largest absolute Gasteiger partial charge is 0.324 e. The minimum Gasteiger partial charge on any atom is -0.324 e. The summed E-state index contributed by atoms with van der Waals surface area (Å²) >= 11 is 0. The average Bonchev–Trinajstić information content (AvgIpc) is 2.74. The molecule has 0 unspecified atom stereocenters. The molecule has 0 fully saturated rings. The Morgan fingerprint density at radius 1 is 1.07 bits per heavy atom. The number of aryl methyl sites for hydroxylation is 1. The zero-order valence-corrected chi connectivity index (χ0v) is 16.6.